The molecule has 0 spiro atoms. The van der Waals surface area contributed by atoms with Gasteiger partial charge in [0, 0.05) is 62.1 Å². The van der Waals surface area contributed by atoms with E-state index in [-0.39, 0.29) is 37.2 Å². The molecule has 1 fully saturated rings. The lowest BCUT2D eigenvalue weighted by molar-refractivity contribution is 0.192. The van der Waals surface area contributed by atoms with Gasteiger partial charge in [-0.05, 0) is 51.6 Å². The predicted octanol–water partition coefficient (Wildman–Crippen LogP) is 4.61. The highest BCUT2D eigenvalue weighted by molar-refractivity contribution is 5.86. The maximum Gasteiger partial charge on any atom is 0.159 e. The van der Waals surface area contributed by atoms with Crippen molar-refractivity contribution in [3.63, 3.8) is 0 Å². The van der Waals surface area contributed by atoms with Gasteiger partial charge in [0.25, 0.3) is 0 Å². The lowest BCUT2D eigenvalue weighted by Crippen LogP contribution is -2.54. The second kappa shape index (κ2) is 14.9. The third-order valence-corrected chi connectivity index (χ3v) is 6.37. The first-order valence-electron chi connectivity index (χ1n) is 12.1. The molecule has 9 heteroatoms. The van der Waals surface area contributed by atoms with Gasteiger partial charge in [-0.1, -0.05) is 43.3 Å². The fourth-order valence-corrected chi connectivity index (χ4v) is 4.79. The van der Waals surface area contributed by atoms with Gasteiger partial charge in [-0.25, -0.2) is 9.50 Å². The van der Waals surface area contributed by atoms with Crippen LogP contribution in [0.4, 0.5) is 0 Å². The quantitative estimate of drug-likeness (QED) is 0.440. The summed E-state index contributed by atoms with van der Waals surface area (Å²) in [5.74, 6) is 0. The minimum atomic E-state index is 0. The second-order valence-electron chi connectivity index (χ2n) is 9.55. The number of likely N-dealkylation sites (N-methyl/N-ethyl adjacent to an activating group) is 1. The monoisotopic (exact) mass is 554 g/mol. The molecule has 0 radical (unpaired) electrons. The smallest absolute Gasteiger partial charge is 0.159 e. The summed E-state index contributed by atoms with van der Waals surface area (Å²) in [6, 6.07) is 11.6. The highest BCUT2D eigenvalue weighted by atomic mass is 35.5. The van der Waals surface area contributed by atoms with E-state index in [4.69, 9.17) is 10.1 Å². The van der Waals surface area contributed by atoms with Crippen molar-refractivity contribution in [2.75, 3.05) is 46.8 Å². The van der Waals surface area contributed by atoms with Gasteiger partial charge in [0.05, 0.1) is 5.69 Å². The highest BCUT2D eigenvalue weighted by Crippen LogP contribution is 2.21. The number of hydrogen-bond donors (Lipinski definition) is 1. The Morgan fingerprint density at radius 2 is 1.83 bits per heavy atom. The summed E-state index contributed by atoms with van der Waals surface area (Å²) in [6.45, 7) is 11.7. The van der Waals surface area contributed by atoms with E-state index in [0.29, 0.717) is 6.04 Å². The minimum absolute atomic E-state index is 0. The van der Waals surface area contributed by atoms with Crippen molar-refractivity contribution in [2.45, 2.75) is 39.7 Å². The minimum Gasteiger partial charge on any atom is -0.310 e. The molecule has 0 bridgehead atoms. The van der Waals surface area contributed by atoms with Crippen molar-refractivity contribution in [3.8, 4) is 0 Å². The maximum atomic E-state index is 4.82. The number of halogens is 3. The first kappa shape index (κ1) is 32.4. The Labute approximate surface area is 234 Å². The van der Waals surface area contributed by atoms with Crippen LogP contribution in [0.1, 0.15) is 40.7 Å². The van der Waals surface area contributed by atoms with Gasteiger partial charge in [-0.15, -0.1) is 37.2 Å². The molecule has 0 amide bonds. The van der Waals surface area contributed by atoms with Crippen molar-refractivity contribution in [3.05, 3.63) is 70.2 Å². The first-order chi connectivity index (χ1) is 15.9. The normalized spacial score (nSPS) is 16.1. The van der Waals surface area contributed by atoms with Gasteiger partial charge in [-0.3, -0.25) is 4.90 Å². The van der Waals surface area contributed by atoms with Gasteiger partial charge in [0.15, 0.2) is 5.65 Å². The number of piperazine rings is 1. The topological polar surface area (TPSA) is 48.7 Å². The highest BCUT2D eigenvalue weighted by Gasteiger charge is 2.18. The predicted molar refractivity (Wildman–Crippen MR) is 159 cm³/mol. The van der Waals surface area contributed by atoms with Gasteiger partial charge < -0.3 is 10.2 Å². The fraction of sp³-hybridized carbons (Fsp3) is 0.481. The molecule has 3 heterocycles. The van der Waals surface area contributed by atoms with Crippen LogP contribution in [0.5, 0.6) is 0 Å². The van der Waals surface area contributed by atoms with Gasteiger partial charge >= 0.3 is 0 Å². The summed E-state index contributed by atoms with van der Waals surface area (Å²) in [5, 5.41) is 8.44. The Balaban J connectivity index is 0.00000216. The van der Waals surface area contributed by atoms with Crippen LogP contribution in [0, 0.1) is 13.8 Å². The van der Waals surface area contributed by atoms with Crippen molar-refractivity contribution in [1.82, 2.24) is 29.7 Å². The molecule has 0 aliphatic carbocycles. The summed E-state index contributed by atoms with van der Waals surface area (Å²) in [5.41, 5.74) is 8.11. The number of rotatable bonds is 8. The van der Waals surface area contributed by atoms with Crippen LogP contribution in [0.3, 0.4) is 0 Å². The molecule has 0 unspecified atom stereocenters. The molecular formula is C27H41Cl3N6. The molecule has 1 aliphatic heterocycles. The Morgan fingerprint density at radius 3 is 2.50 bits per heavy atom. The molecule has 1 N–H and O–H groups in total. The van der Waals surface area contributed by atoms with E-state index >= 15 is 0 Å². The molecular weight excluding hydrogens is 515 g/mol. The number of nitrogens with one attached hydrogen (secondary N) is 1. The Bertz CT molecular complexity index is 1110. The second-order valence-corrected chi connectivity index (χ2v) is 9.55. The molecule has 1 aromatic carbocycles. The van der Waals surface area contributed by atoms with Crippen LogP contribution in [-0.4, -0.2) is 77.3 Å². The molecule has 36 heavy (non-hydrogen) atoms. The average Bonchev–Trinajstić information content (AvgIpc) is 3.12. The summed E-state index contributed by atoms with van der Waals surface area (Å²) in [4.78, 5) is 9.59. The molecule has 6 nitrogen and oxygen atoms in total. The Hall–Kier alpha value is -1.67. The number of hydrogen-bond acceptors (Lipinski definition) is 5. The van der Waals surface area contributed by atoms with E-state index in [2.05, 4.69) is 92.5 Å². The number of aromatic nitrogens is 3. The van der Waals surface area contributed by atoms with Crippen molar-refractivity contribution in [1.29, 1.82) is 0 Å². The van der Waals surface area contributed by atoms with Gasteiger partial charge in [-0.2, -0.15) is 5.10 Å². The van der Waals surface area contributed by atoms with E-state index < -0.39 is 0 Å². The molecule has 3 aromatic rings. The molecule has 2 aromatic heterocycles. The standard InChI is InChI=1S/C27H38N6.3ClH/c1-6-26-25(27-29-20(2)16-21(3)33(27)30-26)17-23-11-9-22(10-12-23)8-7-14-32-15-13-28-24(19-32)18-31(4)5;;;/h7-12,16,24,28H,6,13-15,17-19H2,1-5H3;3*1H/t24-;;;/m0.../s1. The zero-order valence-corrected chi connectivity index (χ0v) is 24.5. The summed E-state index contributed by atoms with van der Waals surface area (Å²) in [7, 11) is 4.28. The van der Waals surface area contributed by atoms with Crippen molar-refractivity contribution >= 4 is 48.9 Å². The van der Waals surface area contributed by atoms with Crippen LogP contribution < -0.4 is 5.32 Å². The molecule has 1 atom stereocenters. The van der Waals surface area contributed by atoms with Crippen LogP contribution in [0.15, 0.2) is 36.4 Å². The summed E-state index contributed by atoms with van der Waals surface area (Å²) < 4.78 is 2.00. The van der Waals surface area contributed by atoms with E-state index in [1.54, 1.807) is 0 Å². The van der Waals surface area contributed by atoms with Crippen LogP contribution in [0.25, 0.3) is 11.7 Å². The fourth-order valence-electron chi connectivity index (χ4n) is 4.79. The molecule has 0 saturated carbocycles. The van der Waals surface area contributed by atoms with Crippen LogP contribution >= 0.6 is 37.2 Å². The number of aryl methyl sites for hydroxylation is 3. The third-order valence-electron chi connectivity index (χ3n) is 6.37. The van der Waals surface area contributed by atoms with Crippen molar-refractivity contribution < 1.29 is 0 Å². The zero-order chi connectivity index (χ0) is 23.4. The average molecular weight is 556 g/mol. The van der Waals surface area contributed by atoms with E-state index in [0.717, 1.165) is 68.3 Å². The number of nitrogens with zero attached hydrogens (tertiary/aromatic N) is 5. The van der Waals surface area contributed by atoms with E-state index in [9.17, 15) is 0 Å². The first-order valence-corrected chi connectivity index (χ1v) is 12.1. The SMILES string of the molecule is CCc1nn2c(C)cc(C)nc2c1Cc1ccc(C=CCN2CCN[C@@H](CN(C)C)C2)cc1.Cl.Cl.Cl. The lowest BCUT2D eigenvalue weighted by Gasteiger charge is -2.34. The van der Waals surface area contributed by atoms with Gasteiger partial charge in [0.2, 0.25) is 0 Å². The molecule has 1 saturated heterocycles. The largest absolute Gasteiger partial charge is 0.310 e. The Kier molecular flexibility index (Phi) is 13.4. The molecule has 1 aliphatic rings. The number of benzene rings is 1. The maximum absolute atomic E-state index is 4.82. The van der Waals surface area contributed by atoms with Crippen molar-refractivity contribution in [2.24, 2.45) is 0 Å². The zero-order valence-electron chi connectivity index (χ0n) is 22.0. The van der Waals surface area contributed by atoms with Gasteiger partial charge in [0.1, 0.15) is 0 Å². The Morgan fingerprint density at radius 1 is 1.11 bits per heavy atom. The molecule has 200 valence electrons. The van der Waals surface area contributed by atoms with E-state index in [1.165, 1.54) is 16.7 Å². The summed E-state index contributed by atoms with van der Waals surface area (Å²) >= 11 is 0. The van der Waals surface area contributed by atoms with E-state index in [1.807, 2.05) is 4.52 Å². The summed E-state index contributed by atoms with van der Waals surface area (Å²) in [6.07, 6.45) is 6.32. The molecule has 4 rings (SSSR count). The lowest BCUT2D eigenvalue weighted by atomic mass is 10.0. The van der Waals surface area contributed by atoms with Crippen LogP contribution in [0.2, 0.25) is 0 Å². The number of fused-ring (bicyclic) bond motifs is 1. The third kappa shape index (κ3) is 8.17. The van der Waals surface area contributed by atoms with Crippen LogP contribution in [-0.2, 0) is 12.8 Å².